The van der Waals surface area contributed by atoms with Crippen molar-refractivity contribution < 1.29 is 9.53 Å². The molecule has 1 unspecified atom stereocenters. The van der Waals surface area contributed by atoms with E-state index >= 15 is 0 Å². The van der Waals surface area contributed by atoms with Crippen LogP contribution in [0.15, 0.2) is 60.7 Å². The Morgan fingerprint density at radius 2 is 1.81 bits per heavy atom. The van der Waals surface area contributed by atoms with Crippen molar-refractivity contribution in [1.82, 2.24) is 25.5 Å². The zero-order valence-electron chi connectivity index (χ0n) is 14.6. The van der Waals surface area contributed by atoms with E-state index in [4.69, 9.17) is 4.74 Å². The molecule has 7 nitrogen and oxygen atoms in total. The number of carbonyl (C=O) groups is 1. The lowest BCUT2D eigenvalue weighted by Crippen LogP contribution is -2.31. The summed E-state index contributed by atoms with van der Waals surface area (Å²) in [5, 5.41) is 14.8. The van der Waals surface area contributed by atoms with Crippen LogP contribution in [-0.2, 0) is 17.9 Å². The van der Waals surface area contributed by atoms with Crippen LogP contribution in [0.3, 0.4) is 0 Å². The smallest absolute Gasteiger partial charge is 0.243 e. The minimum atomic E-state index is -0.152. The van der Waals surface area contributed by atoms with Crippen molar-refractivity contribution >= 4 is 5.91 Å². The van der Waals surface area contributed by atoms with Crippen molar-refractivity contribution in [2.75, 3.05) is 6.54 Å². The number of amides is 1. The van der Waals surface area contributed by atoms with Gasteiger partial charge in [-0.1, -0.05) is 55.5 Å². The summed E-state index contributed by atoms with van der Waals surface area (Å²) >= 11 is 0. The maximum atomic E-state index is 12.1. The third kappa shape index (κ3) is 5.14. The van der Waals surface area contributed by atoms with Gasteiger partial charge in [0.15, 0.2) is 6.61 Å². The summed E-state index contributed by atoms with van der Waals surface area (Å²) in [4.78, 5) is 13.3. The van der Waals surface area contributed by atoms with E-state index in [-0.39, 0.29) is 25.0 Å². The standard InChI is InChI=1S/C19H21N5O2/c1-15(16-8-4-2-5-9-16)12-20-19(25)13-24-22-18(21-23-24)14-26-17-10-6-3-7-11-17/h2-11,15H,12-14H2,1H3,(H,20,25). The number of para-hydroxylation sites is 1. The van der Waals surface area contributed by atoms with Gasteiger partial charge in [0.1, 0.15) is 12.3 Å². The van der Waals surface area contributed by atoms with Gasteiger partial charge in [0.05, 0.1) is 0 Å². The topological polar surface area (TPSA) is 81.9 Å². The lowest BCUT2D eigenvalue weighted by molar-refractivity contribution is -0.122. The maximum absolute atomic E-state index is 12.1. The lowest BCUT2D eigenvalue weighted by Gasteiger charge is -2.12. The van der Waals surface area contributed by atoms with Gasteiger partial charge < -0.3 is 10.1 Å². The Labute approximate surface area is 152 Å². The molecule has 3 aromatic rings. The largest absolute Gasteiger partial charge is 0.485 e. The second-order valence-corrected chi connectivity index (χ2v) is 5.95. The number of benzene rings is 2. The SMILES string of the molecule is CC(CNC(=O)Cn1nnc(COc2ccccc2)n1)c1ccccc1. The molecule has 2 aromatic carbocycles. The van der Waals surface area contributed by atoms with Crippen LogP contribution in [0.2, 0.25) is 0 Å². The maximum Gasteiger partial charge on any atom is 0.243 e. The first-order chi connectivity index (χ1) is 12.7. The number of rotatable bonds is 8. The van der Waals surface area contributed by atoms with Crippen LogP contribution in [-0.4, -0.2) is 32.7 Å². The molecule has 0 radical (unpaired) electrons. The molecule has 7 heteroatoms. The Balaban J connectivity index is 1.44. The average Bonchev–Trinajstić information content (AvgIpc) is 3.13. The quantitative estimate of drug-likeness (QED) is 0.673. The lowest BCUT2D eigenvalue weighted by atomic mass is 10.0. The van der Waals surface area contributed by atoms with Gasteiger partial charge >= 0.3 is 0 Å². The van der Waals surface area contributed by atoms with Crippen LogP contribution in [0.25, 0.3) is 0 Å². The van der Waals surface area contributed by atoms with E-state index in [0.717, 1.165) is 5.75 Å². The first-order valence-electron chi connectivity index (χ1n) is 8.47. The fraction of sp³-hybridized carbons (Fsp3) is 0.263. The Hall–Kier alpha value is -3.22. The molecule has 1 amide bonds. The summed E-state index contributed by atoms with van der Waals surface area (Å²) in [6, 6.07) is 19.5. The molecule has 134 valence electrons. The molecule has 0 aliphatic carbocycles. The molecule has 1 aromatic heterocycles. The van der Waals surface area contributed by atoms with Crippen molar-refractivity contribution in [2.24, 2.45) is 0 Å². The van der Waals surface area contributed by atoms with Crippen LogP contribution in [0.1, 0.15) is 24.2 Å². The van der Waals surface area contributed by atoms with Crippen molar-refractivity contribution in [3.05, 3.63) is 72.1 Å². The van der Waals surface area contributed by atoms with Gasteiger partial charge in [-0.25, -0.2) is 0 Å². The summed E-state index contributed by atoms with van der Waals surface area (Å²) in [6.07, 6.45) is 0. The van der Waals surface area contributed by atoms with Crippen LogP contribution >= 0.6 is 0 Å². The Bertz CT molecular complexity index is 820. The second kappa shape index (κ2) is 8.75. The van der Waals surface area contributed by atoms with Gasteiger partial charge in [-0.15, -0.1) is 10.2 Å². The molecular weight excluding hydrogens is 330 g/mol. The monoisotopic (exact) mass is 351 g/mol. The highest BCUT2D eigenvalue weighted by Crippen LogP contribution is 2.13. The van der Waals surface area contributed by atoms with Crippen molar-refractivity contribution in [3.63, 3.8) is 0 Å². The second-order valence-electron chi connectivity index (χ2n) is 5.95. The number of nitrogens with zero attached hydrogens (tertiary/aromatic N) is 4. The predicted molar refractivity (Wildman–Crippen MR) is 96.5 cm³/mol. The molecule has 0 bridgehead atoms. The molecule has 0 fully saturated rings. The molecule has 3 rings (SSSR count). The van der Waals surface area contributed by atoms with Crippen molar-refractivity contribution in [3.8, 4) is 5.75 Å². The van der Waals surface area contributed by atoms with Crippen LogP contribution in [0.5, 0.6) is 5.75 Å². The highest BCUT2D eigenvalue weighted by atomic mass is 16.5. The molecule has 0 saturated heterocycles. The first-order valence-corrected chi connectivity index (χ1v) is 8.47. The number of nitrogens with one attached hydrogen (secondary N) is 1. The van der Waals surface area contributed by atoms with Crippen LogP contribution in [0.4, 0.5) is 0 Å². The van der Waals surface area contributed by atoms with Crippen molar-refractivity contribution in [1.29, 1.82) is 0 Å². The van der Waals surface area contributed by atoms with Crippen LogP contribution in [0, 0.1) is 0 Å². The van der Waals surface area contributed by atoms with Gasteiger partial charge in [-0.3, -0.25) is 4.79 Å². The van der Waals surface area contributed by atoms with E-state index in [1.807, 2.05) is 48.5 Å². The summed E-state index contributed by atoms with van der Waals surface area (Å²) in [7, 11) is 0. The third-order valence-corrected chi connectivity index (χ3v) is 3.86. The molecule has 0 spiro atoms. The number of hydrogen-bond donors (Lipinski definition) is 1. The molecular formula is C19H21N5O2. The highest BCUT2D eigenvalue weighted by molar-refractivity contribution is 5.75. The molecule has 0 aliphatic heterocycles. The summed E-state index contributed by atoms with van der Waals surface area (Å²) in [6.45, 7) is 2.86. The number of tetrazole rings is 1. The first kappa shape index (κ1) is 17.6. The Morgan fingerprint density at radius 1 is 1.12 bits per heavy atom. The molecule has 1 N–H and O–H groups in total. The van der Waals surface area contributed by atoms with Gasteiger partial charge in [-0.05, 0) is 28.8 Å². The fourth-order valence-electron chi connectivity index (χ4n) is 2.42. The molecule has 26 heavy (non-hydrogen) atoms. The Kier molecular flexibility index (Phi) is 5.92. The Morgan fingerprint density at radius 3 is 2.54 bits per heavy atom. The molecule has 1 heterocycles. The van der Waals surface area contributed by atoms with E-state index in [0.29, 0.717) is 12.4 Å². The van der Waals surface area contributed by atoms with E-state index in [1.165, 1.54) is 10.4 Å². The minimum absolute atomic E-state index is 0.0276. The number of ether oxygens (including phenoxy) is 1. The summed E-state index contributed by atoms with van der Waals surface area (Å²) < 4.78 is 5.56. The molecule has 0 saturated carbocycles. The number of hydrogen-bond acceptors (Lipinski definition) is 5. The molecule has 0 aliphatic rings. The van der Waals surface area contributed by atoms with Gasteiger partial charge in [-0.2, -0.15) is 4.80 Å². The molecule has 1 atom stereocenters. The van der Waals surface area contributed by atoms with Gasteiger partial charge in [0.2, 0.25) is 11.7 Å². The van der Waals surface area contributed by atoms with Gasteiger partial charge in [0.25, 0.3) is 0 Å². The van der Waals surface area contributed by atoms with E-state index in [1.54, 1.807) is 0 Å². The summed E-state index contributed by atoms with van der Waals surface area (Å²) in [5.74, 6) is 1.25. The fourth-order valence-corrected chi connectivity index (χ4v) is 2.42. The van der Waals surface area contributed by atoms with Crippen LogP contribution < -0.4 is 10.1 Å². The zero-order valence-corrected chi connectivity index (χ0v) is 14.6. The summed E-state index contributed by atoms with van der Waals surface area (Å²) in [5.41, 5.74) is 1.19. The number of carbonyl (C=O) groups excluding carboxylic acids is 1. The van der Waals surface area contributed by atoms with E-state index in [9.17, 15) is 4.79 Å². The van der Waals surface area contributed by atoms with Crippen molar-refractivity contribution in [2.45, 2.75) is 26.0 Å². The predicted octanol–water partition coefficient (Wildman–Crippen LogP) is 2.17. The highest BCUT2D eigenvalue weighted by Gasteiger charge is 2.10. The third-order valence-electron chi connectivity index (χ3n) is 3.86. The zero-order chi connectivity index (χ0) is 18.2. The normalized spacial score (nSPS) is 11.7. The minimum Gasteiger partial charge on any atom is -0.485 e. The average molecular weight is 351 g/mol. The van der Waals surface area contributed by atoms with E-state index < -0.39 is 0 Å². The van der Waals surface area contributed by atoms with Gasteiger partial charge in [0, 0.05) is 6.54 Å². The van der Waals surface area contributed by atoms with E-state index in [2.05, 4.69) is 39.8 Å². The number of aromatic nitrogens is 4.